The zero-order chi connectivity index (χ0) is 12.1. The molecule has 0 N–H and O–H groups in total. The normalized spacial score (nSPS) is 9.24. The van der Waals surface area contributed by atoms with Crippen molar-refractivity contribution < 1.29 is 13.9 Å². The first-order valence-corrected chi connectivity index (χ1v) is 4.90. The second-order valence-corrected chi connectivity index (χ2v) is 3.15. The average Bonchev–Trinajstić information content (AvgIpc) is 2.85. The van der Waals surface area contributed by atoms with Gasteiger partial charge in [-0.05, 0) is 18.1 Å². The van der Waals surface area contributed by atoms with Gasteiger partial charge in [0.25, 0.3) is 5.89 Å². The van der Waals surface area contributed by atoms with Crippen molar-refractivity contribution in [2.45, 2.75) is 0 Å². The van der Waals surface area contributed by atoms with E-state index in [1.165, 1.54) is 13.4 Å². The van der Waals surface area contributed by atoms with E-state index in [1.54, 1.807) is 0 Å². The predicted molar refractivity (Wildman–Crippen MR) is 60.3 cm³/mol. The quantitative estimate of drug-likeness (QED) is 0.551. The number of aromatic nitrogens is 1. The first-order chi connectivity index (χ1) is 8.29. The van der Waals surface area contributed by atoms with Gasteiger partial charge < -0.3 is 9.15 Å². The van der Waals surface area contributed by atoms with Crippen molar-refractivity contribution in [2.24, 2.45) is 0 Å². The van der Waals surface area contributed by atoms with Crippen LogP contribution in [-0.4, -0.2) is 18.1 Å². The van der Waals surface area contributed by atoms with Gasteiger partial charge in [0, 0.05) is 5.56 Å². The molecule has 84 valence electrons. The molecule has 1 heterocycles. The minimum Gasteiger partial charge on any atom is -0.464 e. The van der Waals surface area contributed by atoms with E-state index in [2.05, 4.69) is 21.6 Å². The van der Waals surface area contributed by atoms with Gasteiger partial charge >= 0.3 is 5.97 Å². The maximum Gasteiger partial charge on any atom is 0.360 e. The van der Waals surface area contributed by atoms with Gasteiger partial charge in [-0.15, -0.1) is 0 Å². The molecule has 0 amide bonds. The lowest BCUT2D eigenvalue weighted by atomic mass is 10.2. The Morgan fingerprint density at radius 1 is 1.29 bits per heavy atom. The third-order valence-corrected chi connectivity index (χ3v) is 1.99. The Hall–Kier alpha value is -2.54. The molecule has 0 atom stereocenters. The zero-order valence-electron chi connectivity index (χ0n) is 9.14. The van der Waals surface area contributed by atoms with Crippen LogP contribution in [0.1, 0.15) is 21.9 Å². The topological polar surface area (TPSA) is 52.3 Å². The molecule has 0 unspecified atom stereocenters. The second-order valence-electron chi connectivity index (χ2n) is 3.15. The average molecular weight is 227 g/mol. The molecule has 0 spiro atoms. The number of hydrogen-bond donors (Lipinski definition) is 0. The van der Waals surface area contributed by atoms with Crippen molar-refractivity contribution in [1.82, 2.24) is 4.98 Å². The lowest BCUT2D eigenvalue weighted by molar-refractivity contribution is 0.0594. The van der Waals surface area contributed by atoms with Crippen molar-refractivity contribution in [1.29, 1.82) is 0 Å². The fourth-order valence-electron chi connectivity index (χ4n) is 1.18. The predicted octanol–water partition coefficient (Wildman–Crippen LogP) is 1.86. The molecule has 0 aliphatic heterocycles. The third kappa shape index (κ3) is 2.73. The highest BCUT2D eigenvalue weighted by Crippen LogP contribution is 2.02. The largest absolute Gasteiger partial charge is 0.464 e. The number of nitrogens with zero attached hydrogens (tertiary/aromatic N) is 1. The summed E-state index contributed by atoms with van der Waals surface area (Å²) in [5.41, 5.74) is 0.968. The first-order valence-electron chi connectivity index (χ1n) is 4.90. The Labute approximate surface area is 98.2 Å². The monoisotopic (exact) mass is 227 g/mol. The maximum absolute atomic E-state index is 11.1. The molecule has 0 fully saturated rings. The SMILES string of the molecule is COC(=O)c1coc(C#Cc2ccccc2)n1. The van der Waals surface area contributed by atoms with Gasteiger partial charge in [-0.2, -0.15) is 4.98 Å². The molecule has 0 radical (unpaired) electrons. The summed E-state index contributed by atoms with van der Waals surface area (Å²) in [5, 5.41) is 0. The Morgan fingerprint density at radius 2 is 2.06 bits per heavy atom. The van der Waals surface area contributed by atoms with Crippen molar-refractivity contribution in [3.05, 3.63) is 53.7 Å². The molecule has 0 saturated carbocycles. The summed E-state index contributed by atoms with van der Waals surface area (Å²) in [4.78, 5) is 15.0. The number of ether oxygens (including phenoxy) is 1. The third-order valence-electron chi connectivity index (χ3n) is 1.99. The summed E-state index contributed by atoms with van der Waals surface area (Å²) in [7, 11) is 1.28. The highest BCUT2D eigenvalue weighted by molar-refractivity contribution is 5.86. The fourth-order valence-corrected chi connectivity index (χ4v) is 1.18. The molecular formula is C13H9NO3. The number of esters is 1. The molecule has 0 aliphatic rings. The van der Waals surface area contributed by atoms with Gasteiger partial charge in [-0.1, -0.05) is 24.1 Å². The van der Waals surface area contributed by atoms with E-state index in [-0.39, 0.29) is 11.6 Å². The number of benzene rings is 1. The van der Waals surface area contributed by atoms with Crippen LogP contribution in [0.3, 0.4) is 0 Å². The Morgan fingerprint density at radius 3 is 2.76 bits per heavy atom. The molecule has 0 saturated heterocycles. The fraction of sp³-hybridized carbons (Fsp3) is 0.0769. The second kappa shape index (κ2) is 4.99. The Balaban J connectivity index is 2.18. The molecule has 4 nitrogen and oxygen atoms in total. The van der Waals surface area contributed by atoms with Crippen molar-refractivity contribution in [2.75, 3.05) is 7.11 Å². The molecule has 2 aromatic rings. The molecular weight excluding hydrogens is 218 g/mol. The molecule has 1 aromatic carbocycles. The minimum absolute atomic E-state index is 0.116. The summed E-state index contributed by atoms with van der Waals surface area (Å²) < 4.78 is 9.53. The van der Waals surface area contributed by atoms with Gasteiger partial charge in [-0.3, -0.25) is 0 Å². The van der Waals surface area contributed by atoms with E-state index in [0.717, 1.165) is 5.56 Å². The van der Waals surface area contributed by atoms with Gasteiger partial charge in [0.1, 0.15) is 6.26 Å². The molecule has 17 heavy (non-hydrogen) atoms. The first kappa shape index (κ1) is 11.0. The number of carbonyl (C=O) groups excluding carboxylic acids is 1. The number of carbonyl (C=O) groups is 1. The standard InChI is InChI=1S/C13H9NO3/c1-16-13(15)11-9-17-12(14-11)8-7-10-5-3-2-4-6-10/h2-6,9H,1H3. The highest BCUT2D eigenvalue weighted by Gasteiger charge is 2.10. The Kier molecular flexibility index (Phi) is 3.22. The molecule has 2 rings (SSSR count). The zero-order valence-corrected chi connectivity index (χ0v) is 9.14. The highest BCUT2D eigenvalue weighted by atomic mass is 16.5. The molecule has 0 bridgehead atoms. The summed E-state index contributed by atoms with van der Waals surface area (Å²) in [5.74, 6) is 5.25. The number of rotatable bonds is 1. The van der Waals surface area contributed by atoms with E-state index in [9.17, 15) is 4.79 Å². The van der Waals surface area contributed by atoms with Crippen LogP contribution in [0.25, 0.3) is 0 Å². The van der Waals surface area contributed by atoms with Gasteiger partial charge in [0.05, 0.1) is 7.11 Å². The van der Waals surface area contributed by atoms with Gasteiger partial charge in [0.15, 0.2) is 5.69 Å². The van der Waals surface area contributed by atoms with Crippen LogP contribution < -0.4 is 0 Å². The molecule has 0 aliphatic carbocycles. The summed E-state index contributed by atoms with van der Waals surface area (Å²) in [6.07, 6.45) is 1.22. The smallest absolute Gasteiger partial charge is 0.360 e. The summed E-state index contributed by atoms with van der Waals surface area (Å²) in [6.45, 7) is 0. The van der Waals surface area contributed by atoms with Gasteiger partial charge in [0.2, 0.25) is 0 Å². The van der Waals surface area contributed by atoms with E-state index >= 15 is 0 Å². The van der Waals surface area contributed by atoms with Crippen LogP contribution >= 0.6 is 0 Å². The summed E-state index contributed by atoms with van der Waals surface area (Å²) in [6, 6.07) is 9.43. The van der Waals surface area contributed by atoms with Crippen LogP contribution in [0.15, 0.2) is 41.0 Å². The Bertz CT molecular complexity index is 575. The van der Waals surface area contributed by atoms with Crippen molar-refractivity contribution >= 4 is 5.97 Å². The lowest BCUT2D eigenvalue weighted by Gasteiger charge is -1.88. The van der Waals surface area contributed by atoms with E-state index < -0.39 is 5.97 Å². The van der Waals surface area contributed by atoms with Gasteiger partial charge in [-0.25, -0.2) is 4.79 Å². The van der Waals surface area contributed by atoms with E-state index in [1.807, 2.05) is 30.3 Å². The summed E-state index contributed by atoms with van der Waals surface area (Å²) >= 11 is 0. The number of methoxy groups -OCH3 is 1. The van der Waals surface area contributed by atoms with Crippen LogP contribution in [0.5, 0.6) is 0 Å². The number of hydrogen-bond acceptors (Lipinski definition) is 4. The van der Waals surface area contributed by atoms with Crippen LogP contribution in [0.4, 0.5) is 0 Å². The van der Waals surface area contributed by atoms with Crippen LogP contribution in [-0.2, 0) is 4.74 Å². The van der Waals surface area contributed by atoms with Crippen molar-refractivity contribution in [3.8, 4) is 11.8 Å². The van der Waals surface area contributed by atoms with E-state index in [4.69, 9.17) is 4.42 Å². The van der Waals surface area contributed by atoms with Crippen LogP contribution in [0.2, 0.25) is 0 Å². The van der Waals surface area contributed by atoms with Crippen molar-refractivity contribution in [3.63, 3.8) is 0 Å². The number of oxazole rings is 1. The minimum atomic E-state index is -0.540. The molecule has 4 heteroatoms. The van der Waals surface area contributed by atoms with E-state index in [0.29, 0.717) is 0 Å². The van der Waals surface area contributed by atoms with Crippen LogP contribution in [0, 0.1) is 11.8 Å². The lowest BCUT2D eigenvalue weighted by Crippen LogP contribution is -2.00. The maximum atomic E-state index is 11.1. The molecule has 1 aromatic heterocycles.